The molecule has 22 heavy (non-hydrogen) atoms. The van der Waals surface area contributed by atoms with Gasteiger partial charge in [-0.05, 0) is 25.5 Å². The molecule has 0 aliphatic rings. The molecule has 8 heteroatoms. The van der Waals surface area contributed by atoms with Crippen molar-refractivity contribution in [2.75, 3.05) is 7.11 Å². The normalized spacial score (nSPS) is 13.1. The van der Waals surface area contributed by atoms with Crippen LogP contribution >= 0.6 is 11.3 Å². The predicted molar refractivity (Wildman–Crippen MR) is 83.2 cm³/mol. The van der Waals surface area contributed by atoms with E-state index < -0.39 is 21.9 Å². The predicted octanol–water partition coefficient (Wildman–Crippen LogP) is 3.03. The summed E-state index contributed by atoms with van der Waals surface area (Å²) < 4.78 is 46.5. The zero-order chi connectivity index (χ0) is 16.3. The molecule has 0 aliphatic heterocycles. The molecule has 1 atom stereocenters. The lowest BCUT2D eigenvalue weighted by Crippen LogP contribution is -2.29. The molecule has 0 amide bonds. The molecule has 0 aliphatic carbocycles. The van der Waals surface area contributed by atoms with E-state index >= 15 is 0 Å². The Kier molecular flexibility index (Phi) is 5.15. The summed E-state index contributed by atoms with van der Waals surface area (Å²) in [5.74, 6) is -0.656. The van der Waals surface area contributed by atoms with E-state index in [1.165, 1.54) is 37.5 Å². The first-order chi connectivity index (χ1) is 10.4. The largest absolute Gasteiger partial charge is 0.494 e. The average molecular weight is 344 g/mol. The first-order valence-electron chi connectivity index (χ1n) is 6.65. The summed E-state index contributed by atoms with van der Waals surface area (Å²) >= 11 is 1.37. The van der Waals surface area contributed by atoms with Crippen molar-refractivity contribution in [3.8, 4) is 5.75 Å². The summed E-state index contributed by atoms with van der Waals surface area (Å²) in [6.45, 7) is 3.27. The summed E-state index contributed by atoms with van der Waals surface area (Å²) in [5.41, 5.74) is 0.0286. The number of nitrogens with one attached hydrogen (secondary N) is 1. The minimum absolute atomic E-state index is 0.0171. The second kappa shape index (κ2) is 6.72. The van der Waals surface area contributed by atoms with Crippen LogP contribution in [0.4, 0.5) is 4.39 Å². The van der Waals surface area contributed by atoms with Gasteiger partial charge in [0.1, 0.15) is 5.01 Å². The molecule has 1 heterocycles. The first kappa shape index (κ1) is 16.9. The summed E-state index contributed by atoms with van der Waals surface area (Å²) in [5, 5.41) is 2.46. The van der Waals surface area contributed by atoms with E-state index in [1.807, 2.05) is 6.92 Å². The van der Waals surface area contributed by atoms with Crippen molar-refractivity contribution in [3.63, 3.8) is 0 Å². The Hall–Kier alpha value is -1.51. The Bertz CT molecular complexity index is 746. The van der Waals surface area contributed by atoms with Crippen molar-refractivity contribution in [1.29, 1.82) is 0 Å². The molecule has 0 unspecified atom stereocenters. The highest BCUT2D eigenvalue weighted by atomic mass is 32.2. The van der Waals surface area contributed by atoms with Crippen molar-refractivity contribution in [2.45, 2.75) is 31.2 Å². The minimum atomic E-state index is -3.85. The second-order valence-electron chi connectivity index (χ2n) is 4.66. The molecule has 1 aromatic carbocycles. The highest BCUT2D eigenvalue weighted by molar-refractivity contribution is 7.89. The highest BCUT2D eigenvalue weighted by Crippen LogP contribution is 2.28. The molecule has 2 rings (SSSR count). The number of thiazole rings is 1. The van der Waals surface area contributed by atoms with Crippen molar-refractivity contribution in [3.05, 3.63) is 40.1 Å². The number of methoxy groups -OCH3 is 1. The lowest BCUT2D eigenvalue weighted by molar-refractivity contribution is 0.384. The Labute approximate surface area is 133 Å². The van der Waals surface area contributed by atoms with Gasteiger partial charge in [0.2, 0.25) is 10.0 Å². The van der Waals surface area contributed by atoms with Gasteiger partial charge >= 0.3 is 0 Å². The molecule has 0 saturated carbocycles. The molecular formula is C14H17FN2O3S2. The maximum Gasteiger partial charge on any atom is 0.241 e. The van der Waals surface area contributed by atoms with E-state index in [-0.39, 0.29) is 16.2 Å². The van der Waals surface area contributed by atoms with Crippen LogP contribution in [0.2, 0.25) is 0 Å². The topological polar surface area (TPSA) is 68.3 Å². The molecule has 1 aromatic heterocycles. The Balaban J connectivity index is 2.37. The molecule has 0 spiro atoms. The molecule has 0 fully saturated rings. The molecule has 5 nitrogen and oxygen atoms in total. The molecule has 0 saturated heterocycles. The zero-order valence-electron chi connectivity index (χ0n) is 12.5. The number of hydrogen-bond acceptors (Lipinski definition) is 5. The van der Waals surface area contributed by atoms with Gasteiger partial charge in [-0.15, -0.1) is 11.3 Å². The van der Waals surface area contributed by atoms with Crippen molar-refractivity contribution < 1.29 is 17.5 Å². The second-order valence-corrected chi connectivity index (χ2v) is 7.27. The van der Waals surface area contributed by atoms with Gasteiger partial charge in [0.25, 0.3) is 0 Å². The number of benzene rings is 1. The summed E-state index contributed by atoms with van der Waals surface area (Å²) in [4.78, 5) is 4.03. The highest BCUT2D eigenvalue weighted by Gasteiger charge is 2.25. The third-order valence-electron chi connectivity index (χ3n) is 3.27. The maximum atomic E-state index is 14.1. The third kappa shape index (κ3) is 3.29. The van der Waals surface area contributed by atoms with Crippen LogP contribution in [0.3, 0.4) is 0 Å². The Morgan fingerprint density at radius 2 is 2.18 bits per heavy atom. The fraction of sp³-hybridized carbons (Fsp3) is 0.357. The lowest BCUT2D eigenvalue weighted by atomic mass is 10.2. The van der Waals surface area contributed by atoms with E-state index in [0.29, 0.717) is 11.4 Å². The summed E-state index contributed by atoms with van der Waals surface area (Å²) in [7, 11) is -2.52. The van der Waals surface area contributed by atoms with E-state index in [9.17, 15) is 12.8 Å². The Morgan fingerprint density at radius 3 is 2.73 bits per heavy atom. The molecule has 0 radical (unpaired) electrons. The SMILES string of the molecule is CC[C@H](NS(=O)(=O)c1ccc(OC)c(F)c1C)c1nccs1. The van der Waals surface area contributed by atoms with Gasteiger partial charge in [-0.2, -0.15) is 0 Å². The number of hydrogen-bond donors (Lipinski definition) is 1. The van der Waals surface area contributed by atoms with Gasteiger partial charge in [0.15, 0.2) is 11.6 Å². The molecule has 1 N–H and O–H groups in total. The van der Waals surface area contributed by atoms with Gasteiger partial charge in [0, 0.05) is 17.1 Å². The Morgan fingerprint density at radius 1 is 1.45 bits per heavy atom. The van der Waals surface area contributed by atoms with Crippen LogP contribution in [0.15, 0.2) is 28.6 Å². The van der Waals surface area contributed by atoms with Gasteiger partial charge < -0.3 is 4.74 Å². The van der Waals surface area contributed by atoms with E-state index in [2.05, 4.69) is 9.71 Å². The minimum Gasteiger partial charge on any atom is -0.494 e. The quantitative estimate of drug-likeness (QED) is 0.874. The smallest absolute Gasteiger partial charge is 0.241 e. The first-order valence-corrected chi connectivity index (χ1v) is 9.01. The van der Waals surface area contributed by atoms with E-state index in [0.717, 1.165) is 0 Å². The molecule has 2 aromatic rings. The van der Waals surface area contributed by atoms with E-state index in [1.54, 1.807) is 11.6 Å². The van der Waals surface area contributed by atoms with Crippen molar-refractivity contribution in [2.24, 2.45) is 0 Å². The van der Waals surface area contributed by atoms with Crippen LogP contribution in [0, 0.1) is 12.7 Å². The fourth-order valence-corrected chi connectivity index (χ4v) is 4.42. The van der Waals surface area contributed by atoms with Crippen LogP contribution in [-0.2, 0) is 10.0 Å². The van der Waals surface area contributed by atoms with Crippen molar-refractivity contribution in [1.82, 2.24) is 9.71 Å². The average Bonchev–Trinajstić information content (AvgIpc) is 3.01. The van der Waals surface area contributed by atoms with Crippen LogP contribution < -0.4 is 9.46 Å². The van der Waals surface area contributed by atoms with Gasteiger partial charge in [-0.3, -0.25) is 0 Å². The number of nitrogens with zero attached hydrogens (tertiary/aromatic N) is 1. The number of halogens is 1. The van der Waals surface area contributed by atoms with Crippen LogP contribution in [-0.4, -0.2) is 20.5 Å². The molecule has 120 valence electrons. The summed E-state index contributed by atoms with van der Waals surface area (Å²) in [6.07, 6.45) is 2.17. The van der Waals surface area contributed by atoms with Crippen LogP contribution in [0.1, 0.15) is 30.0 Å². The van der Waals surface area contributed by atoms with Gasteiger partial charge in [0.05, 0.1) is 18.0 Å². The van der Waals surface area contributed by atoms with E-state index in [4.69, 9.17) is 4.74 Å². The monoisotopic (exact) mass is 344 g/mol. The third-order valence-corrected chi connectivity index (χ3v) is 5.77. The van der Waals surface area contributed by atoms with Gasteiger partial charge in [-0.1, -0.05) is 6.92 Å². The maximum absolute atomic E-state index is 14.1. The zero-order valence-corrected chi connectivity index (χ0v) is 14.1. The van der Waals surface area contributed by atoms with Gasteiger partial charge in [-0.25, -0.2) is 22.5 Å². The summed E-state index contributed by atoms with van der Waals surface area (Å²) in [6, 6.07) is 2.21. The standard InChI is InChI=1S/C14H17FN2O3S2/c1-4-10(14-16-7-8-21-14)17-22(18,19)12-6-5-11(20-3)13(15)9(12)2/h5-8,10,17H,4H2,1-3H3/t10-/m0/s1. The van der Waals surface area contributed by atoms with Crippen LogP contribution in [0.25, 0.3) is 0 Å². The fourth-order valence-electron chi connectivity index (χ4n) is 2.06. The van der Waals surface area contributed by atoms with Crippen LogP contribution in [0.5, 0.6) is 5.75 Å². The molecule has 0 bridgehead atoms. The number of rotatable bonds is 6. The van der Waals surface area contributed by atoms with Crippen molar-refractivity contribution >= 4 is 21.4 Å². The number of ether oxygens (including phenoxy) is 1. The molecular weight excluding hydrogens is 327 g/mol. The lowest BCUT2D eigenvalue weighted by Gasteiger charge is -2.16. The number of aromatic nitrogens is 1. The number of sulfonamides is 1.